The number of nitrogens with one attached hydrogen (secondary N) is 3. The molecule has 1 aliphatic heterocycles. The molecule has 7 nitrogen and oxygen atoms in total. The van der Waals surface area contributed by atoms with Crippen LogP contribution in [0.25, 0.3) is 0 Å². The molecule has 2 aromatic carbocycles. The lowest BCUT2D eigenvalue weighted by atomic mass is 10.2. The Morgan fingerprint density at radius 3 is 2.41 bits per heavy atom. The summed E-state index contributed by atoms with van der Waals surface area (Å²) < 4.78 is 0. The van der Waals surface area contributed by atoms with Crippen LogP contribution in [-0.2, 0) is 11.3 Å². The third-order valence-electron chi connectivity index (χ3n) is 4.77. The third kappa shape index (κ3) is 5.80. The molecule has 2 aromatic rings. The number of phenols is 2. The van der Waals surface area contributed by atoms with Crippen LogP contribution in [0.3, 0.4) is 0 Å². The Kier molecular flexibility index (Phi) is 6.40. The van der Waals surface area contributed by atoms with Gasteiger partial charge in [-0.3, -0.25) is 4.79 Å². The topological polar surface area (TPSA) is 90.8 Å². The molecular formula is C20H26N4O3+2. The molecule has 7 heteroatoms. The minimum atomic E-state index is -0.217. The molecule has 1 aliphatic rings. The summed E-state index contributed by atoms with van der Waals surface area (Å²) in [7, 11) is 0. The summed E-state index contributed by atoms with van der Waals surface area (Å²) in [5.74, 6) is -0.533. The van der Waals surface area contributed by atoms with Crippen LogP contribution in [0, 0.1) is 0 Å². The summed E-state index contributed by atoms with van der Waals surface area (Å²) in [6.45, 7) is 5.46. The van der Waals surface area contributed by atoms with E-state index < -0.39 is 0 Å². The van der Waals surface area contributed by atoms with Gasteiger partial charge in [0.2, 0.25) is 0 Å². The van der Waals surface area contributed by atoms with Crippen LogP contribution in [0.5, 0.6) is 11.5 Å². The highest BCUT2D eigenvalue weighted by molar-refractivity contribution is 5.83. The number of hydrogen-bond acceptors (Lipinski definition) is 4. The van der Waals surface area contributed by atoms with Crippen molar-refractivity contribution in [1.29, 1.82) is 0 Å². The van der Waals surface area contributed by atoms with Crippen LogP contribution in [0.2, 0.25) is 0 Å². The highest BCUT2D eigenvalue weighted by atomic mass is 16.3. The second kappa shape index (κ2) is 9.16. The Labute approximate surface area is 158 Å². The molecule has 0 bridgehead atoms. The lowest BCUT2D eigenvalue weighted by Crippen LogP contribution is -3.28. The number of carbonyl (C=O) groups is 1. The Morgan fingerprint density at radius 1 is 1.00 bits per heavy atom. The standard InChI is InChI=1S/C20H24N4O3/c25-18-7-6-17(12-19(18)26)13-21-22-20(27)15-24-10-8-23(9-11-24)14-16-4-2-1-3-5-16/h1-7,12-13,25-26H,8-11,14-15H2,(H,22,27)/p+2/b21-13+. The molecule has 0 aliphatic carbocycles. The van der Waals surface area contributed by atoms with Crippen molar-refractivity contribution in [3.8, 4) is 11.5 Å². The molecule has 0 saturated carbocycles. The lowest BCUT2D eigenvalue weighted by Gasteiger charge is -2.29. The number of aromatic hydroxyl groups is 2. The Hall–Kier alpha value is -2.90. The zero-order chi connectivity index (χ0) is 19.1. The van der Waals surface area contributed by atoms with Crippen LogP contribution < -0.4 is 15.2 Å². The maximum atomic E-state index is 12.1. The van der Waals surface area contributed by atoms with E-state index in [9.17, 15) is 15.0 Å². The maximum Gasteiger partial charge on any atom is 0.295 e. The van der Waals surface area contributed by atoms with Gasteiger partial charge in [0.25, 0.3) is 5.91 Å². The number of rotatable bonds is 6. The predicted molar refractivity (Wildman–Crippen MR) is 102 cm³/mol. The quantitative estimate of drug-likeness (QED) is 0.244. The molecule has 27 heavy (non-hydrogen) atoms. The monoisotopic (exact) mass is 370 g/mol. The largest absolute Gasteiger partial charge is 0.504 e. The van der Waals surface area contributed by atoms with Gasteiger partial charge in [-0.25, -0.2) is 5.43 Å². The van der Waals surface area contributed by atoms with Crippen LogP contribution in [0.1, 0.15) is 11.1 Å². The molecule has 1 fully saturated rings. The van der Waals surface area contributed by atoms with Gasteiger partial charge in [-0.1, -0.05) is 30.3 Å². The van der Waals surface area contributed by atoms with Gasteiger partial charge in [0.05, 0.1) is 6.21 Å². The van der Waals surface area contributed by atoms with E-state index in [0.717, 1.165) is 32.7 Å². The molecule has 3 rings (SSSR count). The second-order valence-corrected chi connectivity index (χ2v) is 6.88. The first-order valence-corrected chi connectivity index (χ1v) is 9.15. The summed E-state index contributed by atoms with van der Waals surface area (Å²) in [6, 6.07) is 14.8. The zero-order valence-electron chi connectivity index (χ0n) is 15.2. The van der Waals surface area contributed by atoms with Crippen LogP contribution >= 0.6 is 0 Å². The number of hydrogen-bond donors (Lipinski definition) is 5. The number of phenolic OH excluding ortho intramolecular Hbond substituents is 2. The minimum Gasteiger partial charge on any atom is -0.504 e. The number of hydrazone groups is 1. The normalized spacial score (nSPS) is 19.9. The number of quaternary nitrogens is 2. The average molecular weight is 370 g/mol. The van der Waals surface area contributed by atoms with Crippen molar-refractivity contribution < 1.29 is 24.8 Å². The van der Waals surface area contributed by atoms with Crippen molar-refractivity contribution in [2.24, 2.45) is 5.10 Å². The minimum absolute atomic E-state index is 0.129. The van der Waals surface area contributed by atoms with Crippen molar-refractivity contribution in [3.05, 3.63) is 59.7 Å². The Bertz CT molecular complexity index is 787. The van der Waals surface area contributed by atoms with Gasteiger partial charge in [0.15, 0.2) is 18.0 Å². The maximum absolute atomic E-state index is 12.1. The first-order chi connectivity index (χ1) is 13.1. The molecular weight excluding hydrogens is 344 g/mol. The number of carbonyl (C=O) groups excluding carboxylic acids is 1. The number of piperazine rings is 1. The van der Waals surface area contributed by atoms with Crippen molar-refractivity contribution in [2.75, 3.05) is 32.7 Å². The predicted octanol–water partition coefficient (Wildman–Crippen LogP) is -1.47. The van der Waals surface area contributed by atoms with E-state index in [0.29, 0.717) is 12.1 Å². The third-order valence-corrected chi connectivity index (χ3v) is 4.77. The summed E-state index contributed by atoms with van der Waals surface area (Å²) in [4.78, 5) is 14.9. The van der Waals surface area contributed by atoms with Crippen molar-refractivity contribution >= 4 is 12.1 Å². The molecule has 1 saturated heterocycles. The van der Waals surface area contributed by atoms with Gasteiger partial charge in [-0.15, -0.1) is 0 Å². The molecule has 0 radical (unpaired) electrons. The van der Waals surface area contributed by atoms with Crippen LogP contribution in [0.4, 0.5) is 0 Å². The molecule has 5 N–H and O–H groups in total. The molecule has 142 valence electrons. The van der Waals surface area contributed by atoms with Gasteiger partial charge >= 0.3 is 0 Å². The molecule has 0 aromatic heterocycles. The zero-order valence-corrected chi connectivity index (χ0v) is 15.2. The molecule has 0 atom stereocenters. The van der Waals surface area contributed by atoms with E-state index >= 15 is 0 Å². The number of amides is 1. The second-order valence-electron chi connectivity index (χ2n) is 6.88. The Morgan fingerprint density at radius 2 is 1.70 bits per heavy atom. The van der Waals surface area contributed by atoms with Crippen molar-refractivity contribution in [2.45, 2.75) is 6.54 Å². The van der Waals surface area contributed by atoms with Crippen LogP contribution in [0.15, 0.2) is 53.6 Å². The smallest absolute Gasteiger partial charge is 0.295 e. The fourth-order valence-corrected chi connectivity index (χ4v) is 3.26. The molecule has 1 heterocycles. The SMILES string of the molecule is O=C(C[NH+]1CC[NH+](Cc2ccccc2)CC1)N/N=C/c1ccc(O)c(O)c1. The summed E-state index contributed by atoms with van der Waals surface area (Å²) in [5, 5.41) is 22.6. The highest BCUT2D eigenvalue weighted by Gasteiger charge is 2.24. The summed E-state index contributed by atoms with van der Waals surface area (Å²) in [5.41, 5.74) is 4.47. The first kappa shape index (κ1) is 18.9. The van der Waals surface area contributed by atoms with Gasteiger partial charge in [-0.2, -0.15) is 5.10 Å². The van der Waals surface area contributed by atoms with E-state index in [4.69, 9.17) is 0 Å². The number of benzene rings is 2. The molecule has 1 amide bonds. The van der Waals surface area contributed by atoms with E-state index in [1.54, 1.807) is 11.0 Å². The van der Waals surface area contributed by atoms with Crippen molar-refractivity contribution in [3.63, 3.8) is 0 Å². The number of nitrogens with zero attached hydrogens (tertiary/aromatic N) is 1. The first-order valence-electron chi connectivity index (χ1n) is 9.15. The van der Waals surface area contributed by atoms with E-state index in [-0.39, 0.29) is 17.4 Å². The summed E-state index contributed by atoms with van der Waals surface area (Å²) in [6.07, 6.45) is 1.44. The van der Waals surface area contributed by atoms with E-state index in [1.807, 2.05) is 6.07 Å². The highest BCUT2D eigenvalue weighted by Crippen LogP contribution is 2.23. The molecule has 0 unspecified atom stereocenters. The van der Waals surface area contributed by atoms with Gasteiger partial charge in [-0.05, 0) is 23.8 Å². The van der Waals surface area contributed by atoms with Crippen LogP contribution in [-0.4, -0.2) is 55.1 Å². The van der Waals surface area contributed by atoms with E-state index in [1.165, 1.54) is 28.8 Å². The van der Waals surface area contributed by atoms with Gasteiger partial charge in [0.1, 0.15) is 32.7 Å². The van der Waals surface area contributed by atoms with E-state index in [2.05, 4.69) is 34.8 Å². The lowest BCUT2D eigenvalue weighted by molar-refractivity contribution is -1.02. The summed E-state index contributed by atoms with van der Waals surface area (Å²) >= 11 is 0. The van der Waals surface area contributed by atoms with Crippen molar-refractivity contribution in [1.82, 2.24) is 5.43 Å². The van der Waals surface area contributed by atoms with Gasteiger partial charge in [0, 0.05) is 5.56 Å². The van der Waals surface area contributed by atoms with Gasteiger partial charge < -0.3 is 20.0 Å². The molecule has 0 spiro atoms. The Balaban J connectivity index is 1.39. The fraction of sp³-hybridized carbons (Fsp3) is 0.300. The fourth-order valence-electron chi connectivity index (χ4n) is 3.26. The average Bonchev–Trinajstić information content (AvgIpc) is 2.67.